The molecule has 1 atom stereocenters. The minimum absolute atomic E-state index is 0.0799. The van der Waals surface area contributed by atoms with E-state index in [1.54, 1.807) is 27.2 Å². The van der Waals surface area contributed by atoms with E-state index < -0.39 is 11.5 Å². The number of carbonyl (C=O) groups is 1. The number of aliphatic carboxylic acids is 1. The van der Waals surface area contributed by atoms with Crippen molar-refractivity contribution in [1.29, 1.82) is 0 Å². The van der Waals surface area contributed by atoms with E-state index in [1.807, 2.05) is 26.0 Å². The Morgan fingerprint density at radius 3 is 2.35 bits per heavy atom. The van der Waals surface area contributed by atoms with Gasteiger partial charge in [0.05, 0.1) is 14.2 Å². The third-order valence-electron chi connectivity index (χ3n) is 3.08. The van der Waals surface area contributed by atoms with Gasteiger partial charge in [0.2, 0.25) is 0 Å². The quantitative estimate of drug-likeness (QED) is 0.801. The summed E-state index contributed by atoms with van der Waals surface area (Å²) < 4.78 is 10.4. The summed E-state index contributed by atoms with van der Waals surface area (Å²) >= 11 is 0. The lowest BCUT2D eigenvalue weighted by atomic mass is 9.92. The minimum atomic E-state index is -1.02. The largest absolute Gasteiger partial charge is 0.493 e. The van der Waals surface area contributed by atoms with Crippen LogP contribution in [0.3, 0.4) is 0 Å². The zero-order valence-electron chi connectivity index (χ0n) is 12.7. The average molecular weight is 281 g/mol. The predicted octanol–water partition coefficient (Wildman–Crippen LogP) is 2.09. The molecule has 0 saturated carbocycles. The Labute approximate surface area is 119 Å². The van der Waals surface area contributed by atoms with Gasteiger partial charge in [-0.15, -0.1) is 0 Å². The SMILES string of the molecule is COc1ccc(CC(C)(NC(C)C)C(=O)O)cc1OC. The molecular formula is C15H23NO4. The van der Waals surface area contributed by atoms with Crippen LogP contribution in [0.2, 0.25) is 0 Å². The number of carboxylic acid groups (broad SMARTS) is 1. The number of methoxy groups -OCH3 is 2. The van der Waals surface area contributed by atoms with E-state index in [-0.39, 0.29) is 6.04 Å². The third kappa shape index (κ3) is 3.87. The second-order valence-corrected chi connectivity index (χ2v) is 5.30. The first-order valence-electron chi connectivity index (χ1n) is 6.54. The van der Waals surface area contributed by atoms with E-state index in [1.165, 1.54) is 0 Å². The van der Waals surface area contributed by atoms with Crippen LogP contribution in [0.25, 0.3) is 0 Å². The van der Waals surface area contributed by atoms with Gasteiger partial charge in [0.15, 0.2) is 11.5 Å². The van der Waals surface area contributed by atoms with E-state index in [0.29, 0.717) is 17.9 Å². The number of hydrogen-bond acceptors (Lipinski definition) is 4. The summed E-state index contributed by atoms with van der Waals surface area (Å²) in [6.45, 7) is 5.54. The number of benzene rings is 1. The molecule has 5 nitrogen and oxygen atoms in total. The van der Waals surface area contributed by atoms with Crippen molar-refractivity contribution in [3.63, 3.8) is 0 Å². The van der Waals surface area contributed by atoms with Gasteiger partial charge in [-0.1, -0.05) is 6.07 Å². The van der Waals surface area contributed by atoms with E-state index in [2.05, 4.69) is 5.32 Å². The fourth-order valence-electron chi connectivity index (χ4n) is 2.22. The van der Waals surface area contributed by atoms with Crippen LogP contribution in [0.5, 0.6) is 11.5 Å². The van der Waals surface area contributed by atoms with Crippen LogP contribution in [0.15, 0.2) is 18.2 Å². The van der Waals surface area contributed by atoms with Crippen LogP contribution in [0.1, 0.15) is 26.3 Å². The van der Waals surface area contributed by atoms with Crippen LogP contribution >= 0.6 is 0 Å². The molecule has 20 heavy (non-hydrogen) atoms. The van der Waals surface area contributed by atoms with Gasteiger partial charge in [-0.3, -0.25) is 10.1 Å². The van der Waals surface area contributed by atoms with Crippen molar-refractivity contribution in [3.8, 4) is 11.5 Å². The molecular weight excluding hydrogens is 258 g/mol. The topological polar surface area (TPSA) is 67.8 Å². The van der Waals surface area contributed by atoms with Crippen LogP contribution in [0.4, 0.5) is 0 Å². The van der Waals surface area contributed by atoms with Gasteiger partial charge in [0.25, 0.3) is 0 Å². The number of rotatable bonds is 7. The summed E-state index contributed by atoms with van der Waals surface area (Å²) in [7, 11) is 3.13. The Morgan fingerprint density at radius 1 is 1.30 bits per heavy atom. The van der Waals surface area contributed by atoms with Crippen LogP contribution in [-0.4, -0.2) is 36.9 Å². The Hall–Kier alpha value is -1.75. The number of ether oxygens (including phenoxy) is 2. The molecule has 112 valence electrons. The lowest BCUT2D eigenvalue weighted by Gasteiger charge is -2.29. The second-order valence-electron chi connectivity index (χ2n) is 5.30. The lowest BCUT2D eigenvalue weighted by Crippen LogP contribution is -2.53. The number of nitrogens with one attached hydrogen (secondary N) is 1. The molecule has 0 amide bonds. The van der Waals surface area contributed by atoms with Crippen molar-refractivity contribution >= 4 is 5.97 Å². The van der Waals surface area contributed by atoms with Gasteiger partial charge in [-0.25, -0.2) is 0 Å². The van der Waals surface area contributed by atoms with Crippen LogP contribution in [0, 0.1) is 0 Å². The number of hydrogen-bond donors (Lipinski definition) is 2. The van der Waals surface area contributed by atoms with Crippen molar-refractivity contribution < 1.29 is 19.4 Å². The predicted molar refractivity (Wildman–Crippen MR) is 77.6 cm³/mol. The molecule has 1 aromatic rings. The summed E-state index contributed by atoms with van der Waals surface area (Å²) in [5.41, 5.74) is -0.144. The van der Waals surface area contributed by atoms with Crippen molar-refractivity contribution in [3.05, 3.63) is 23.8 Å². The molecule has 5 heteroatoms. The summed E-state index contributed by atoms with van der Waals surface area (Å²) in [5, 5.41) is 12.6. The van der Waals surface area contributed by atoms with Crippen molar-refractivity contribution in [1.82, 2.24) is 5.32 Å². The molecule has 0 aliphatic rings. The highest BCUT2D eigenvalue weighted by Gasteiger charge is 2.33. The fourth-order valence-corrected chi connectivity index (χ4v) is 2.22. The first-order chi connectivity index (χ1) is 9.32. The van der Waals surface area contributed by atoms with E-state index in [4.69, 9.17) is 9.47 Å². The van der Waals surface area contributed by atoms with Crippen molar-refractivity contribution in [2.75, 3.05) is 14.2 Å². The molecule has 1 unspecified atom stereocenters. The van der Waals surface area contributed by atoms with Crippen LogP contribution in [-0.2, 0) is 11.2 Å². The molecule has 2 N–H and O–H groups in total. The molecule has 0 bridgehead atoms. The maximum atomic E-state index is 11.5. The molecule has 1 aromatic carbocycles. The highest BCUT2D eigenvalue weighted by Crippen LogP contribution is 2.29. The third-order valence-corrected chi connectivity index (χ3v) is 3.08. The van der Waals surface area contributed by atoms with Gasteiger partial charge in [-0.05, 0) is 38.5 Å². The minimum Gasteiger partial charge on any atom is -0.493 e. The summed E-state index contributed by atoms with van der Waals surface area (Å²) in [6.07, 6.45) is 0.362. The number of carboxylic acids is 1. The zero-order chi connectivity index (χ0) is 15.3. The van der Waals surface area contributed by atoms with Crippen LogP contribution < -0.4 is 14.8 Å². The smallest absolute Gasteiger partial charge is 0.323 e. The molecule has 0 aromatic heterocycles. The molecule has 0 spiro atoms. The summed E-state index contributed by atoms with van der Waals surface area (Å²) in [5.74, 6) is 0.355. The van der Waals surface area contributed by atoms with Gasteiger partial charge in [0, 0.05) is 12.5 Å². The molecule has 0 aliphatic heterocycles. The summed E-state index contributed by atoms with van der Waals surface area (Å²) in [6, 6.07) is 5.52. The Balaban J connectivity index is 3.03. The van der Waals surface area contributed by atoms with Crippen molar-refractivity contribution in [2.24, 2.45) is 0 Å². The van der Waals surface area contributed by atoms with Crippen molar-refractivity contribution in [2.45, 2.75) is 38.8 Å². The maximum absolute atomic E-state index is 11.5. The first-order valence-corrected chi connectivity index (χ1v) is 6.54. The van der Waals surface area contributed by atoms with Gasteiger partial charge >= 0.3 is 5.97 Å². The highest BCUT2D eigenvalue weighted by atomic mass is 16.5. The summed E-state index contributed by atoms with van der Waals surface area (Å²) in [4.78, 5) is 11.5. The molecule has 1 rings (SSSR count). The normalized spacial score (nSPS) is 13.9. The average Bonchev–Trinajstić information content (AvgIpc) is 2.37. The zero-order valence-corrected chi connectivity index (χ0v) is 12.7. The van der Waals surface area contributed by atoms with Gasteiger partial charge in [-0.2, -0.15) is 0 Å². The molecule has 0 radical (unpaired) electrons. The highest BCUT2D eigenvalue weighted by molar-refractivity contribution is 5.78. The van der Waals surface area contributed by atoms with Gasteiger partial charge < -0.3 is 14.6 Å². The molecule has 0 heterocycles. The Kier molecular flexibility index (Phi) is 5.39. The van der Waals surface area contributed by atoms with E-state index >= 15 is 0 Å². The molecule has 0 saturated heterocycles. The fraction of sp³-hybridized carbons (Fsp3) is 0.533. The van der Waals surface area contributed by atoms with E-state index in [9.17, 15) is 9.90 Å². The maximum Gasteiger partial charge on any atom is 0.323 e. The molecule has 0 fully saturated rings. The first kappa shape index (κ1) is 16.3. The second kappa shape index (κ2) is 6.61. The Bertz CT molecular complexity index is 473. The Morgan fingerprint density at radius 2 is 1.90 bits per heavy atom. The van der Waals surface area contributed by atoms with E-state index in [0.717, 1.165) is 5.56 Å². The van der Waals surface area contributed by atoms with Gasteiger partial charge in [0.1, 0.15) is 5.54 Å². The standard InChI is InChI=1S/C15H23NO4/c1-10(2)16-15(3,14(17)18)9-11-6-7-12(19-4)13(8-11)20-5/h6-8,10,16H,9H2,1-5H3,(H,17,18). The molecule has 0 aliphatic carbocycles. The monoisotopic (exact) mass is 281 g/mol. The lowest BCUT2D eigenvalue weighted by molar-refractivity contribution is -0.144.